The Balaban J connectivity index is 1.07. The largest absolute Gasteiger partial charge is 0.507 e. The number of carbonyl (C=O) groups is 1. The Labute approximate surface area is 293 Å². The SMILES string of the molecule is C/C=C1/CN2[C@H]3C[C@@]45c6cc(-c7cc8c(cc7O)[C@]79CCN%10C/C(=C/C)[C@H](CCC%107N8)C9C(=O)OC)c(OC)cc6N(C)[C@H]4[C@@H]2C[C@@H]1C3C5O. The summed E-state index contributed by atoms with van der Waals surface area (Å²) in [5, 5.41) is 28.6. The number of nitrogens with zero attached hydrogens (tertiary/aromatic N) is 3. The van der Waals surface area contributed by atoms with Crippen molar-refractivity contribution in [1.82, 2.24) is 9.80 Å². The van der Waals surface area contributed by atoms with Crippen molar-refractivity contribution in [3.05, 3.63) is 58.7 Å². The first-order valence-corrected chi connectivity index (χ1v) is 18.9. The lowest BCUT2D eigenvalue weighted by molar-refractivity contribution is -0.153. The highest BCUT2D eigenvalue weighted by Crippen LogP contribution is 2.71. The minimum atomic E-state index is -0.499. The van der Waals surface area contributed by atoms with E-state index < -0.39 is 17.2 Å². The molecule has 9 heteroatoms. The minimum absolute atomic E-state index is 0.115. The Morgan fingerprint density at radius 2 is 1.80 bits per heavy atom. The van der Waals surface area contributed by atoms with E-state index in [0.29, 0.717) is 23.8 Å². The van der Waals surface area contributed by atoms with Gasteiger partial charge in [0.05, 0.1) is 32.3 Å². The summed E-state index contributed by atoms with van der Waals surface area (Å²) in [5.74, 6) is 1.24. The average Bonchev–Trinajstić information content (AvgIpc) is 3.70. The predicted octanol–water partition coefficient (Wildman–Crippen LogP) is 4.76. The molecule has 3 N–H and O–H groups in total. The van der Waals surface area contributed by atoms with Crippen LogP contribution in [0.25, 0.3) is 11.1 Å². The second-order valence-corrected chi connectivity index (χ2v) is 17.0. The molecule has 2 aromatic carbocycles. The number of carbonyl (C=O) groups excluding carboxylic acids is 1. The second-order valence-electron chi connectivity index (χ2n) is 17.0. The van der Waals surface area contributed by atoms with Crippen LogP contribution >= 0.6 is 0 Å². The Morgan fingerprint density at radius 1 is 1.00 bits per heavy atom. The first kappa shape index (κ1) is 30.1. The van der Waals surface area contributed by atoms with E-state index in [2.05, 4.69) is 71.3 Å². The monoisotopic (exact) mass is 676 g/mol. The summed E-state index contributed by atoms with van der Waals surface area (Å²) in [4.78, 5) is 21.5. The number of likely N-dealkylation sites (N-methyl/N-ethyl adjacent to an activating group) is 1. The van der Waals surface area contributed by atoms with Crippen molar-refractivity contribution in [3.8, 4) is 22.6 Å². The number of phenols is 1. The van der Waals surface area contributed by atoms with Gasteiger partial charge >= 0.3 is 5.97 Å². The lowest BCUT2D eigenvalue weighted by atomic mass is 9.54. The van der Waals surface area contributed by atoms with E-state index in [-0.39, 0.29) is 40.9 Å². The number of aliphatic hydroxyl groups excluding tert-OH is 1. The lowest BCUT2D eigenvalue weighted by Gasteiger charge is -2.58. The molecule has 11 aliphatic rings. The van der Waals surface area contributed by atoms with E-state index in [4.69, 9.17) is 9.47 Å². The number of benzene rings is 2. The number of esters is 1. The van der Waals surface area contributed by atoms with Crippen LogP contribution in [0.15, 0.2) is 47.6 Å². The Kier molecular flexibility index (Phi) is 5.70. The predicted molar refractivity (Wildman–Crippen MR) is 190 cm³/mol. The average molecular weight is 677 g/mol. The molecular formula is C41H48N4O5. The maximum Gasteiger partial charge on any atom is 0.310 e. The van der Waals surface area contributed by atoms with Crippen LogP contribution in [0, 0.1) is 23.7 Å². The fourth-order valence-corrected chi connectivity index (χ4v) is 14.5. The highest BCUT2D eigenvalue weighted by molar-refractivity contribution is 5.88. The molecule has 7 saturated heterocycles. The van der Waals surface area contributed by atoms with Gasteiger partial charge in [-0.05, 0) is 87.1 Å². The fourth-order valence-electron chi connectivity index (χ4n) is 14.5. The van der Waals surface area contributed by atoms with Crippen molar-refractivity contribution in [2.24, 2.45) is 23.7 Å². The Bertz CT molecular complexity index is 1980. The van der Waals surface area contributed by atoms with Crippen molar-refractivity contribution >= 4 is 17.3 Å². The molecule has 2 spiro atoms. The maximum absolute atomic E-state index is 13.8. The highest BCUT2D eigenvalue weighted by atomic mass is 16.5. The molecule has 9 nitrogen and oxygen atoms in total. The summed E-state index contributed by atoms with van der Waals surface area (Å²) in [5.41, 5.74) is 7.44. The van der Waals surface area contributed by atoms with Gasteiger partial charge in [-0.2, -0.15) is 0 Å². The standard InChI is InChI=1S/C41H48N4O5/c1-6-20-18-44-11-10-40-26-15-32(46)24(13-28(26)42-41(40,44)9-8-22(20)35(40)38(48)50-5)25-12-27-29(16-33(25)49-4)43(3)36-30-14-23-21(7-2)19-45(30)31-17-39(27,36)37(47)34(23)31/h6-7,12-13,15-16,22-23,30-31,34-37,42,46-47H,8-11,14,17-19H2,1-5H3/b20-6-,21-7-/t22-,23-,30-,31-,34?,35?,36-,37?,39+,40-,41?/m0/s1. The number of allylic oxidation sites excluding steroid dienone is 2. The number of anilines is 2. The number of aliphatic hydroxyl groups is 1. The van der Waals surface area contributed by atoms with Gasteiger partial charge in [-0.1, -0.05) is 23.3 Å². The fraction of sp³-hybridized carbons (Fsp3) is 0.585. The number of fused-ring (bicyclic) bond motifs is 5. The number of hydrogen-bond donors (Lipinski definition) is 3. The van der Waals surface area contributed by atoms with Crippen molar-refractivity contribution < 1.29 is 24.5 Å². The third kappa shape index (κ3) is 3.00. The molecule has 2 aliphatic carbocycles. The van der Waals surface area contributed by atoms with E-state index in [1.165, 1.54) is 23.8 Å². The third-order valence-electron chi connectivity index (χ3n) is 16.1. The van der Waals surface area contributed by atoms with E-state index in [1.807, 2.05) is 6.07 Å². The third-order valence-corrected chi connectivity index (χ3v) is 16.1. The van der Waals surface area contributed by atoms with Gasteiger partial charge in [-0.25, -0.2) is 0 Å². The number of nitrogens with one attached hydrogen (secondary N) is 1. The first-order valence-electron chi connectivity index (χ1n) is 18.9. The molecule has 13 atom stereocenters. The zero-order chi connectivity index (χ0) is 34.2. The molecule has 2 aromatic rings. The quantitative estimate of drug-likeness (QED) is 0.242. The van der Waals surface area contributed by atoms with Crippen molar-refractivity contribution in [2.75, 3.05) is 51.1 Å². The van der Waals surface area contributed by atoms with Crippen molar-refractivity contribution in [1.29, 1.82) is 0 Å². The van der Waals surface area contributed by atoms with E-state index in [9.17, 15) is 15.0 Å². The van der Waals surface area contributed by atoms with Gasteiger partial charge in [0.15, 0.2) is 0 Å². The zero-order valence-corrected chi connectivity index (χ0v) is 29.7. The topological polar surface area (TPSA) is 97.7 Å². The molecule has 9 aliphatic heterocycles. The van der Waals surface area contributed by atoms with Gasteiger partial charge in [0, 0.05) is 84.1 Å². The molecule has 262 valence electrons. The Morgan fingerprint density at radius 3 is 2.56 bits per heavy atom. The molecule has 6 unspecified atom stereocenters. The number of ether oxygens (including phenoxy) is 2. The zero-order valence-electron chi connectivity index (χ0n) is 29.7. The van der Waals surface area contributed by atoms with Gasteiger partial charge in [-0.15, -0.1) is 0 Å². The summed E-state index contributed by atoms with van der Waals surface area (Å²) in [6.45, 7) is 7.00. The van der Waals surface area contributed by atoms with Crippen LogP contribution in [0.5, 0.6) is 11.5 Å². The van der Waals surface area contributed by atoms with Crippen LogP contribution in [0.3, 0.4) is 0 Å². The molecule has 50 heavy (non-hydrogen) atoms. The van der Waals surface area contributed by atoms with Crippen LogP contribution in [0.4, 0.5) is 11.4 Å². The summed E-state index contributed by atoms with van der Waals surface area (Å²) in [7, 11) is 5.43. The number of methoxy groups -OCH3 is 2. The smallest absolute Gasteiger partial charge is 0.310 e. The van der Waals surface area contributed by atoms with E-state index in [1.54, 1.807) is 7.11 Å². The molecule has 9 fully saturated rings. The molecular weight excluding hydrogens is 628 g/mol. The maximum atomic E-state index is 13.8. The van der Waals surface area contributed by atoms with Crippen molar-refractivity contribution in [3.63, 3.8) is 0 Å². The van der Waals surface area contributed by atoms with Crippen LogP contribution in [0.1, 0.15) is 57.1 Å². The molecule has 9 heterocycles. The number of piperidine rings is 4. The minimum Gasteiger partial charge on any atom is -0.507 e. The number of phenolic OH excluding ortho intramolecular Hbond substituents is 1. The van der Waals surface area contributed by atoms with Crippen LogP contribution < -0.4 is 15.0 Å². The molecule has 0 radical (unpaired) electrons. The summed E-state index contributed by atoms with van der Waals surface area (Å²) < 4.78 is 11.7. The molecule has 2 saturated carbocycles. The van der Waals surface area contributed by atoms with Crippen LogP contribution in [0.2, 0.25) is 0 Å². The van der Waals surface area contributed by atoms with Gasteiger partial charge < -0.3 is 29.9 Å². The van der Waals surface area contributed by atoms with Crippen LogP contribution in [-0.4, -0.2) is 96.8 Å². The van der Waals surface area contributed by atoms with E-state index in [0.717, 1.165) is 79.8 Å². The van der Waals surface area contributed by atoms with Gasteiger partial charge in [0.2, 0.25) is 0 Å². The van der Waals surface area contributed by atoms with Crippen LogP contribution in [-0.2, 0) is 20.4 Å². The normalized spacial score (nSPS) is 46.2. The lowest BCUT2D eigenvalue weighted by Crippen LogP contribution is -2.68. The molecule has 0 aromatic heterocycles. The summed E-state index contributed by atoms with van der Waals surface area (Å²) in [6.07, 6.45) is 8.83. The highest BCUT2D eigenvalue weighted by Gasteiger charge is 2.76. The van der Waals surface area contributed by atoms with Gasteiger partial charge in [-0.3, -0.25) is 14.6 Å². The van der Waals surface area contributed by atoms with Crippen molar-refractivity contribution in [2.45, 2.75) is 86.7 Å². The van der Waals surface area contributed by atoms with Gasteiger partial charge in [0.25, 0.3) is 0 Å². The summed E-state index contributed by atoms with van der Waals surface area (Å²) >= 11 is 0. The number of rotatable bonds is 3. The Hall–Kier alpha value is -3.53. The summed E-state index contributed by atoms with van der Waals surface area (Å²) in [6, 6.07) is 9.45. The number of hydrogen-bond acceptors (Lipinski definition) is 9. The molecule has 13 rings (SSSR count). The number of aromatic hydroxyl groups is 1. The van der Waals surface area contributed by atoms with Gasteiger partial charge in [0.1, 0.15) is 17.2 Å². The van der Waals surface area contributed by atoms with E-state index >= 15 is 0 Å². The second kappa shape index (κ2) is 9.46. The molecule has 9 bridgehead atoms. The first-order chi connectivity index (χ1) is 24.2. The molecule has 0 amide bonds.